The van der Waals surface area contributed by atoms with Gasteiger partial charge in [-0.1, -0.05) is 0 Å². The van der Waals surface area contributed by atoms with Crippen LogP contribution in [0.25, 0.3) is 5.69 Å². The zero-order chi connectivity index (χ0) is 17.8. The van der Waals surface area contributed by atoms with Crippen molar-refractivity contribution >= 4 is 11.6 Å². The van der Waals surface area contributed by atoms with Crippen LogP contribution < -0.4 is 10.1 Å². The lowest BCUT2D eigenvalue weighted by Gasteiger charge is -2.33. The number of carbonyl (C=O) groups excluding carboxylic acids is 1. The largest absolute Gasteiger partial charge is 0.494 e. The van der Waals surface area contributed by atoms with Gasteiger partial charge in [-0.05, 0) is 61.7 Å². The monoisotopic (exact) mass is 344 g/mol. The van der Waals surface area contributed by atoms with Crippen molar-refractivity contribution in [1.29, 1.82) is 0 Å². The van der Waals surface area contributed by atoms with Gasteiger partial charge in [0, 0.05) is 18.3 Å². The summed E-state index contributed by atoms with van der Waals surface area (Å²) in [5.41, 5.74) is 1.55. The first-order valence-corrected chi connectivity index (χ1v) is 8.57. The summed E-state index contributed by atoms with van der Waals surface area (Å²) in [4.78, 5) is 14.4. The fraction of sp³-hybridized carbons (Fsp3) is 0.529. The molecular weight excluding hydrogens is 320 g/mol. The van der Waals surface area contributed by atoms with Gasteiger partial charge in [-0.3, -0.25) is 4.79 Å². The van der Waals surface area contributed by atoms with Crippen LogP contribution in [0.4, 0.5) is 5.69 Å². The summed E-state index contributed by atoms with van der Waals surface area (Å²) in [7, 11) is 1.60. The first-order valence-electron chi connectivity index (χ1n) is 8.57. The van der Waals surface area contributed by atoms with Crippen LogP contribution in [0.1, 0.15) is 32.0 Å². The molecule has 8 nitrogen and oxygen atoms in total. The quantitative estimate of drug-likeness (QED) is 0.890. The van der Waals surface area contributed by atoms with Crippen molar-refractivity contribution in [2.75, 3.05) is 25.5 Å². The second-order valence-corrected chi connectivity index (χ2v) is 6.31. The molecule has 0 spiro atoms. The van der Waals surface area contributed by atoms with Gasteiger partial charge in [0.2, 0.25) is 5.91 Å². The Morgan fingerprint density at radius 2 is 2.24 bits per heavy atom. The maximum Gasteiger partial charge on any atom is 0.242 e. The number of hydrogen-bond donors (Lipinski definition) is 1. The molecule has 134 valence electrons. The van der Waals surface area contributed by atoms with Crippen molar-refractivity contribution in [3.63, 3.8) is 0 Å². The summed E-state index contributed by atoms with van der Waals surface area (Å²) in [6, 6.07) is 5.93. The SMILES string of the molecule is COc1ccc(NCC(=O)N2CCCC[C@@H]2C)cc1-n1nnnc1C. The van der Waals surface area contributed by atoms with Gasteiger partial charge in [-0.25, -0.2) is 0 Å². The number of benzene rings is 1. The topological polar surface area (TPSA) is 85.2 Å². The van der Waals surface area contributed by atoms with Gasteiger partial charge >= 0.3 is 0 Å². The first-order chi connectivity index (χ1) is 12.1. The van der Waals surface area contributed by atoms with E-state index in [-0.39, 0.29) is 12.5 Å². The van der Waals surface area contributed by atoms with Gasteiger partial charge in [0.25, 0.3) is 0 Å². The number of amides is 1. The highest BCUT2D eigenvalue weighted by Gasteiger charge is 2.22. The number of aryl methyl sites for hydroxylation is 1. The third-order valence-electron chi connectivity index (χ3n) is 4.60. The summed E-state index contributed by atoms with van der Waals surface area (Å²) in [5, 5.41) is 14.8. The molecule has 1 aromatic heterocycles. The lowest BCUT2D eigenvalue weighted by atomic mass is 10.0. The van der Waals surface area contributed by atoms with Crippen molar-refractivity contribution in [1.82, 2.24) is 25.1 Å². The maximum absolute atomic E-state index is 12.5. The Bertz CT molecular complexity index is 744. The fourth-order valence-electron chi connectivity index (χ4n) is 3.17. The average molecular weight is 344 g/mol. The minimum atomic E-state index is 0.128. The van der Waals surface area contributed by atoms with E-state index in [4.69, 9.17) is 4.74 Å². The second kappa shape index (κ2) is 7.50. The first kappa shape index (κ1) is 17.2. The van der Waals surface area contributed by atoms with Crippen molar-refractivity contribution < 1.29 is 9.53 Å². The number of likely N-dealkylation sites (tertiary alicyclic amines) is 1. The Labute approximate surface area is 147 Å². The molecule has 1 fully saturated rings. The Kier molecular flexibility index (Phi) is 5.16. The molecule has 0 aliphatic carbocycles. The molecule has 1 N–H and O–H groups in total. The number of nitrogens with one attached hydrogen (secondary N) is 1. The molecule has 2 aromatic rings. The lowest BCUT2D eigenvalue weighted by molar-refractivity contribution is -0.132. The van der Waals surface area contributed by atoms with E-state index < -0.39 is 0 Å². The van der Waals surface area contributed by atoms with Crippen molar-refractivity contribution in [2.45, 2.75) is 39.2 Å². The lowest BCUT2D eigenvalue weighted by Crippen LogP contribution is -2.44. The predicted molar refractivity (Wildman–Crippen MR) is 94.0 cm³/mol. The summed E-state index contributed by atoms with van der Waals surface area (Å²) < 4.78 is 7.00. The number of piperidine rings is 1. The number of rotatable bonds is 5. The Morgan fingerprint density at radius 1 is 1.40 bits per heavy atom. The van der Waals surface area contributed by atoms with Crippen LogP contribution in [-0.2, 0) is 4.79 Å². The van der Waals surface area contributed by atoms with Crippen LogP contribution in [0.15, 0.2) is 18.2 Å². The summed E-state index contributed by atoms with van der Waals surface area (Å²) in [6.45, 7) is 5.05. The smallest absolute Gasteiger partial charge is 0.242 e. The molecule has 0 radical (unpaired) electrons. The highest BCUT2D eigenvalue weighted by Crippen LogP contribution is 2.26. The van der Waals surface area contributed by atoms with E-state index >= 15 is 0 Å². The van der Waals surface area contributed by atoms with E-state index in [0.29, 0.717) is 17.6 Å². The van der Waals surface area contributed by atoms with Gasteiger partial charge in [-0.15, -0.1) is 5.10 Å². The molecule has 1 aliphatic rings. The minimum absolute atomic E-state index is 0.128. The molecule has 1 aromatic carbocycles. The molecule has 3 rings (SSSR count). The molecule has 1 saturated heterocycles. The van der Waals surface area contributed by atoms with Crippen molar-refractivity contribution in [3.05, 3.63) is 24.0 Å². The number of nitrogens with zero attached hydrogens (tertiary/aromatic N) is 5. The Balaban J connectivity index is 1.73. The van der Waals surface area contributed by atoms with E-state index in [0.717, 1.165) is 30.8 Å². The number of aromatic nitrogens is 4. The molecule has 2 heterocycles. The van der Waals surface area contributed by atoms with E-state index in [1.165, 1.54) is 6.42 Å². The fourth-order valence-corrected chi connectivity index (χ4v) is 3.17. The number of methoxy groups -OCH3 is 1. The van der Waals surface area contributed by atoms with E-state index in [9.17, 15) is 4.79 Å². The molecule has 0 bridgehead atoms. The Hall–Kier alpha value is -2.64. The van der Waals surface area contributed by atoms with Crippen molar-refractivity contribution in [3.8, 4) is 11.4 Å². The molecule has 1 amide bonds. The van der Waals surface area contributed by atoms with Gasteiger partial charge in [-0.2, -0.15) is 4.68 Å². The molecular formula is C17H24N6O2. The average Bonchev–Trinajstić information content (AvgIpc) is 3.05. The highest BCUT2D eigenvalue weighted by atomic mass is 16.5. The summed E-state index contributed by atoms with van der Waals surface area (Å²) in [5.74, 6) is 1.45. The predicted octanol–water partition coefficient (Wildman–Crippen LogP) is 1.79. The minimum Gasteiger partial charge on any atom is -0.494 e. The molecule has 0 saturated carbocycles. The molecule has 1 aliphatic heterocycles. The second-order valence-electron chi connectivity index (χ2n) is 6.31. The van der Waals surface area contributed by atoms with Gasteiger partial charge in [0.05, 0.1) is 13.7 Å². The van der Waals surface area contributed by atoms with Crippen LogP contribution in [0.3, 0.4) is 0 Å². The van der Waals surface area contributed by atoms with Gasteiger partial charge in [0.15, 0.2) is 5.82 Å². The van der Waals surface area contributed by atoms with E-state index in [1.54, 1.807) is 11.8 Å². The van der Waals surface area contributed by atoms with E-state index in [2.05, 4.69) is 27.8 Å². The van der Waals surface area contributed by atoms with Gasteiger partial charge in [0.1, 0.15) is 11.4 Å². The zero-order valence-electron chi connectivity index (χ0n) is 14.9. The van der Waals surface area contributed by atoms with Crippen molar-refractivity contribution in [2.24, 2.45) is 0 Å². The summed E-state index contributed by atoms with van der Waals surface area (Å²) in [6.07, 6.45) is 3.36. The standard InChI is InChI=1S/C17H24N6O2/c1-12-6-4-5-9-22(12)17(24)11-18-14-7-8-16(25-3)15(10-14)23-13(2)19-20-21-23/h7-8,10,12,18H,4-6,9,11H2,1-3H3/t12-/m0/s1. The van der Waals surface area contributed by atoms with E-state index in [1.807, 2.05) is 30.0 Å². The van der Waals surface area contributed by atoms with Crippen LogP contribution in [-0.4, -0.2) is 57.3 Å². The number of carbonyl (C=O) groups is 1. The number of anilines is 1. The molecule has 8 heteroatoms. The normalized spacial score (nSPS) is 17.4. The maximum atomic E-state index is 12.5. The van der Waals surface area contributed by atoms with Crippen LogP contribution >= 0.6 is 0 Å². The van der Waals surface area contributed by atoms with Crippen LogP contribution in [0.2, 0.25) is 0 Å². The summed E-state index contributed by atoms with van der Waals surface area (Å²) >= 11 is 0. The molecule has 0 unspecified atom stereocenters. The van der Waals surface area contributed by atoms with Crippen LogP contribution in [0.5, 0.6) is 5.75 Å². The zero-order valence-corrected chi connectivity index (χ0v) is 14.9. The third kappa shape index (κ3) is 3.72. The molecule has 25 heavy (non-hydrogen) atoms. The number of hydrogen-bond acceptors (Lipinski definition) is 6. The third-order valence-corrected chi connectivity index (χ3v) is 4.60. The Morgan fingerprint density at radius 3 is 2.92 bits per heavy atom. The highest BCUT2D eigenvalue weighted by molar-refractivity contribution is 5.81. The number of ether oxygens (including phenoxy) is 1. The van der Waals surface area contributed by atoms with Gasteiger partial charge < -0.3 is 15.0 Å². The van der Waals surface area contributed by atoms with Crippen LogP contribution in [0, 0.1) is 6.92 Å². The molecule has 1 atom stereocenters. The number of tetrazole rings is 1.